The first-order valence-corrected chi connectivity index (χ1v) is 6.61. The maximum Gasteiger partial charge on any atom is 0.252 e. The molecule has 2 nitrogen and oxygen atoms in total. The first-order chi connectivity index (χ1) is 8.16. The van der Waals surface area contributed by atoms with Gasteiger partial charge in [0.25, 0.3) is 5.24 Å². The summed E-state index contributed by atoms with van der Waals surface area (Å²) >= 11 is 5.41. The molecule has 4 heteroatoms. The van der Waals surface area contributed by atoms with Gasteiger partial charge in [-0.05, 0) is 61.5 Å². The first-order valence-electron chi connectivity index (χ1n) is 6.23. The highest BCUT2D eigenvalue weighted by Crippen LogP contribution is 2.29. The molecule has 18 heavy (non-hydrogen) atoms. The zero-order valence-electron chi connectivity index (χ0n) is 10.5. The lowest BCUT2D eigenvalue weighted by atomic mass is 9.99. The fourth-order valence-electron chi connectivity index (χ4n) is 2.54. The third-order valence-corrected chi connectivity index (χ3v) is 3.83. The molecule has 0 bridgehead atoms. The SMILES string of the molecule is CC(Nc1ccc(C(=O)Cl)cc1)C1CCCC1.Cl. The molecule has 100 valence electrons. The van der Waals surface area contributed by atoms with Crippen molar-refractivity contribution in [1.82, 2.24) is 0 Å². The van der Waals surface area contributed by atoms with Gasteiger partial charge >= 0.3 is 0 Å². The molecule has 0 aliphatic heterocycles. The van der Waals surface area contributed by atoms with Gasteiger partial charge in [0.2, 0.25) is 0 Å². The Hall–Kier alpha value is -0.730. The molecule has 0 spiro atoms. The molecular formula is C14H19Cl2NO. The molecule has 0 amide bonds. The van der Waals surface area contributed by atoms with Gasteiger partial charge in [0.15, 0.2) is 0 Å². The van der Waals surface area contributed by atoms with Gasteiger partial charge in [-0.3, -0.25) is 4.79 Å². The number of benzene rings is 1. The van der Waals surface area contributed by atoms with Crippen LogP contribution in [-0.4, -0.2) is 11.3 Å². The summed E-state index contributed by atoms with van der Waals surface area (Å²) in [4.78, 5) is 10.9. The molecule has 1 aromatic rings. The lowest BCUT2D eigenvalue weighted by Gasteiger charge is -2.21. The van der Waals surface area contributed by atoms with E-state index in [0.29, 0.717) is 11.6 Å². The van der Waals surface area contributed by atoms with Crippen LogP contribution in [0.1, 0.15) is 43.0 Å². The van der Waals surface area contributed by atoms with E-state index in [1.54, 1.807) is 12.1 Å². The van der Waals surface area contributed by atoms with Gasteiger partial charge in [0.1, 0.15) is 0 Å². The molecule has 0 saturated heterocycles. The van der Waals surface area contributed by atoms with E-state index < -0.39 is 5.24 Å². The lowest BCUT2D eigenvalue weighted by Crippen LogP contribution is -2.23. The van der Waals surface area contributed by atoms with Crippen LogP contribution in [0.25, 0.3) is 0 Å². The van der Waals surface area contributed by atoms with Crippen LogP contribution in [0.2, 0.25) is 0 Å². The van der Waals surface area contributed by atoms with Crippen LogP contribution in [-0.2, 0) is 0 Å². The van der Waals surface area contributed by atoms with Gasteiger partial charge in [-0.1, -0.05) is 12.8 Å². The van der Waals surface area contributed by atoms with Crippen molar-refractivity contribution in [3.63, 3.8) is 0 Å². The largest absolute Gasteiger partial charge is 0.382 e. The van der Waals surface area contributed by atoms with Gasteiger partial charge in [0.05, 0.1) is 0 Å². The Morgan fingerprint density at radius 1 is 1.28 bits per heavy atom. The van der Waals surface area contributed by atoms with Gasteiger partial charge in [-0.15, -0.1) is 12.4 Å². The molecule has 0 heterocycles. The smallest absolute Gasteiger partial charge is 0.252 e. The van der Waals surface area contributed by atoms with E-state index in [-0.39, 0.29) is 12.4 Å². The number of anilines is 1. The molecule has 2 rings (SSSR count). The Balaban J connectivity index is 0.00000162. The summed E-state index contributed by atoms with van der Waals surface area (Å²) < 4.78 is 0. The molecule has 1 unspecified atom stereocenters. The summed E-state index contributed by atoms with van der Waals surface area (Å²) in [5.41, 5.74) is 1.61. The Morgan fingerprint density at radius 3 is 2.33 bits per heavy atom. The highest BCUT2D eigenvalue weighted by molar-refractivity contribution is 6.67. The third kappa shape index (κ3) is 3.89. The van der Waals surface area contributed by atoms with Crippen LogP contribution in [0.4, 0.5) is 5.69 Å². The van der Waals surface area contributed by atoms with Crippen LogP contribution in [0, 0.1) is 5.92 Å². The van der Waals surface area contributed by atoms with E-state index in [4.69, 9.17) is 11.6 Å². The predicted octanol–water partition coefficient (Wildman–Crippen LogP) is 4.48. The molecule has 0 aromatic heterocycles. The van der Waals surface area contributed by atoms with Crippen LogP contribution in [0.3, 0.4) is 0 Å². The number of carbonyl (C=O) groups excluding carboxylic acids is 1. The van der Waals surface area contributed by atoms with E-state index in [1.165, 1.54) is 25.7 Å². The zero-order chi connectivity index (χ0) is 12.3. The molecule has 1 fully saturated rings. The van der Waals surface area contributed by atoms with Crippen LogP contribution >= 0.6 is 24.0 Å². The molecule has 1 N–H and O–H groups in total. The van der Waals surface area contributed by atoms with Crippen molar-refractivity contribution in [1.29, 1.82) is 0 Å². The van der Waals surface area contributed by atoms with Crippen molar-refractivity contribution in [2.24, 2.45) is 5.92 Å². The summed E-state index contributed by atoms with van der Waals surface area (Å²) in [6, 6.07) is 7.86. The average molecular weight is 288 g/mol. The van der Waals surface area contributed by atoms with Crippen LogP contribution < -0.4 is 5.32 Å². The summed E-state index contributed by atoms with van der Waals surface area (Å²) in [6.45, 7) is 2.23. The third-order valence-electron chi connectivity index (χ3n) is 3.61. The topological polar surface area (TPSA) is 29.1 Å². The summed E-state index contributed by atoms with van der Waals surface area (Å²) in [6.07, 6.45) is 5.37. The first kappa shape index (κ1) is 15.3. The molecule has 1 saturated carbocycles. The standard InChI is InChI=1S/C14H18ClNO.ClH/c1-10(11-4-2-3-5-11)16-13-8-6-12(7-9-13)14(15)17;/h6-11,16H,2-5H2,1H3;1H. The number of hydrogen-bond donors (Lipinski definition) is 1. The Bertz CT molecular complexity index is 385. The monoisotopic (exact) mass is 287 g/mol. The summed E-state index contributed by atoms with van der Waals surface area (Å²) in [5.74, 6) is 0.782. The average Bonchev–Trinajstić information content (AvgIpc) is 2.83. The van der Waals surface area contributed by atoms with Crippen molar-refractivity contribution < 1.29 is 4.79 Å². The molecule has 1 aliphatic rings. The molecule has 1 aromatic carbocycles. The Morgan fingerprint density at radius 2 is 1.83 bits per heavy atom. The second kappa shape index (κ2) is 7.01. The number of carbonyl (C=O) groups is 1. The number of rotatable bonds is 4. The maximum absolute atomic E-state index is 10.9. The van der Waals surface area contributed by atoms with Crippen molar-refractivity contribution in [3.8, 4) is 0 Å². The van der Waals surface area contributed by atoms with Crippen LogP contribution in [0.5, 0.6) is 0 Å². The second-order valence-electron chi connectivity index (χ2n) is 4.83. The van der Waals surface area contributed by atoms with E-state index in [9.17, 15) is 4.79 Å². The second-order valence-corrected chi connectivity index (χ2v) is 5.17. The van der Waals surface area contributed by atoms with E-state index >= 15 is 0 Å². The number of halogens is 2. The molecular weight excluding hydrogens is 269 g/mol. The minimum atomic E-state index is -0.402. The molecule has 1 aliphatic carbocycles. The number of nitrogens with one attached hydrogen (secondary N) is 1. The maximum atomic E-state index is 10.9. The fraction of sp³-hybridized carbons (Fsp3) is 0.500. The van der Waals surface area contributed by atoms with E-state index in [2.05, 4.69) is 12.2 Å². The van der Waals surface area contributed by atoms with Gasteiger partial charge in [-0.2, -0.15) is 0 Å². The van der Waals surface area contributed by atoms with Crippen molar-refractivity contribution >= 4 is 34.9 Å². The highest BCUT2D eigenvalue weighted by atomic mass is 35.5. The van der Waals surface area contributed by atoms with Crippen molar-refractivity contribution in [2.45, 2.75) is 38.6 Å². The minimum absolute atomic E-state index is 0. The Labute approximate surface area is 120 Å². The van der Waals surface area contributed by atoms with Gasteiger partial charge in [0, 0.05) is 17.3 Å². The summed E-state index contributed by atoms with van der Waals surface area (Å²) in [5, 5.41) is 3.09. The molecule has 0 radical (unpaired) electrons. The van der Waals surface area contributed by atoms with Crippen molar-refractivity contribution in [3.05, 3.63) is 29.8 Å². The van der Waals surface area contributed by atoms with Gasteiger partial charge in [-0.25, -0.2) is 0 Å². The highest BCUT2D eigenvalue weighted by Gasteiger charge is 2.21. The van der Waals surface area contributed by atoms with Gasteiger partial charge < -0.3 is 5.32 Å². The zero-order valence-corrected chi connectivity index (χ0v) is 12.1. The molecule has 1 atom stereocenters. The Kier molecular flexibility index (Phi) is 5.97. The number of hydrogen-bond acceptors (Lipinski definition) is 2. The fourth-order valence-corrected chi connectivity index (χ4v) is 2.66. The van der Waals surface area contributed by atoms with Crippen molar-refractivity contribution in [2.75, 3.05) is 5.32 Å². The minimum Gasteiger partial charge on any atom is -0.382 e. The summed E-state index contributed by atoms with van der Waals surface area (Å²) in [7, 11) is 0. The predicted molar refractivity (Wildman–Crippen MR) is 78.9 cm³/mol. The van der Waals surface area contributed by atoms with E-state index in [1.807, 2.05) is 12.1 Å². The normalized spacial score (nSPS) is 17.0. The van der Waals surface area contributed by atoms with E-state index in [0.717, 1.165) is 11.6 Å². The lowest BCUT2D eigenvalue weighted by molar-refractivity contribution is 0.108. The quantitative estimate of drug-likeness (QED) is 0.828. The van der Waals surface area contributed by atoms with Crippen LogP contribution in [0.15, 0.2) is 24.3 Å².